The summed E-state index contributed by atoms with van der Waals surface area (Å²) in [7, 11) is 0. The summed E-state index contributed by atoms with van der Waals surface area (Å²) < 4.78 is 58.5. The zero-order valence-corrected chi connectivity index (χ0v) is 21.1. The molecule has 37 heavy (non-hydrogen) atoms. The summed E-state index contributed by atoms with van der Waals surface area (Å²) in [6, 6.07) is 10.2. The second-order valence-electron chi connectivity index (χ2n) is 9.00. The van der Waals surface area contributed by atoms with Crippen molar-refractivity contribution in [2.75, 3.05) is 19.7 Å². The van der Waals surface area contributed by atoms with Crippen LogP contribution in [0.15, 0.2) is 72.0 Å². The van der Waals surface area contributed by atoms with Gasteiger partial charge in [-0.3, -0.25) is 14.6 Å². The summed E-state index contributed by atoms with van der Waals surface area (Å²) in [5.41, 5.74) is 1.20. The van der Waals surface area contributed by atoms with Gasteiger partial charge in [0.05, 0.1) is 12.2 Å². The van der Waals surface area contributed by atoms with Crippen LogP contribution in [0.25, 0.3) is 0 Å². The third kappa shape index (κ3) is 6.65. The van der Waals surface area contributed by atoms with Gasteiger partial charge in [-0.25, -0.2) is 9.18 Å². The highest BCUT2D eigenvalue weighted by molar-refractivity contribution is 5.98. The first kappa shape index (κ1) is 28.1. The maximum atomic E-state index is 14.5. The van der Waals surface area contributed by atoms with Gasteiger partial charge in [-0.1, -0.05) is 48.6 Å². The van der Waals surface area contributed by atoms with Gasteiger partial charge in [-0.15, -0.1) is 0 Å². The molecule has 2 aromatic rings. The van der Waals surface area contributed by atoms with Crippen molar-refractivity contribution in [1.29, 1.82) is 0 Å². The number of halogens is 4. The van der Waals surface area contributed by atoms with E-state index >= 15 is 0 Å². The molecule has 1 aliphatic heterocycles. The van der Waals surface area contributed by atoms with Gasteiger partial charge in [0.15, 0.2) is 6.04 Å². The Morgan fingerprint density at radius 1 is 1.16 bits per heavy atom. The Kier molecular flexibility index (Phi) is 8.91. The van der Waals surface area contributed by atoms with E-state index in [2.05, 4.69) is 6.58 Å². The minimum atomic E-state index is -4.63. The molecule has 0 fully saturated rings. The lowest BCUT2D eigenvalue weighted by atomic mass is 9.97. The molecule has 5 nitrogen and oxygen atoms in total. The van der Waals surface area contributed by atoms with Crippen LogP contribution in [0.4, 0.5) is 17.6 Å². The predicted molar refractivity (Wildman–Crippen MR) is 131 cm³/mol. The fourth-order valence-electron chi connectivity index (χ4n) is 4.30. The van der Waals surface area contributed by atoms with Gasteiger partial charge >= 0.3 is 12.1 Å². The summed E-state index contributed by atoms with van der Waals surface area (Å²) in [4.78, 5) is 30.0. The van der Waals surface area contributed by atoms with Crippen molar-refractivity contribution in [2.24, 2.45) is 0 Å². The number of ether oxygens (including phenoxy) is 1. The number of rotatable bonds is 8. The number of carbonyl (C=O) groups excluding carboxylic acids is 2. The van der Waals surface area contributed by atoms with E-state index in [1.54, 1.807) is 49.1 Å². The Morgan fingerprint density at radius 3 is 2.41 bits per heavy atom. The Balaban J connectivity index is 1.89. The van der Waals surface area contributed by atoms with Crippen molar-refractivity contribution in [3.05, 3.63) is 94.5 Å². The third-order valence-electron chi connectivity index (χ3n) is 6.25. The summed E-state index contributed by atoms with van der Waals surface area (Å²) in [5.74, 6) is -1.98. The average molecular weight is 519 g/mol. The van der Waals surface area contributed by atoms with Gasteiger partial charge in [-0.2, -0.15) is 13.2 Å². The number of hydrogen-bond acceptors (Lipinski definition) is 4. The van der Waals surface area contributed by atoms with Crippen molar-refractivity contribution in [3.63, 3.8) is 0 Å². The maximum Gasteiger partial charge on any atom is 0.416 e. The summed E-state index contributed by atoms with van der Waals surface area (Å²) in [6.45, 7) is 9.85. The highest BCUT2D eigenvalue weighted by atomic mass is 19.4. The van der Waals surface area contributed by atoms with Crippen molar-refractivity contribution < 1.29 is 31.9 Å². The normalized spacial score (nSPS) is 15.3. The smallest absolute Gasteiger partial charge is 0.416 e. The number of nitrogens with zero attached hydrogens (tertiary/aromatic N) is 2. The lowest BCUT2D eigenvalue weighted by Gasteiger charge is -2.35. The minimum absolute atomic E-state index is 0.0289. The molecule has 0 aromatic heterocycles. The fraction of sp³-hybridized carbons (Fsp3) is 0.357. The summed E-state index contributed by atoms with van der Waals surface area (Å²) in [5, 5.41) is 0. The first-order valence-corrected chi connectivity index (χ1v) is 11.9. The SMILES string of the molecule is C=C(C)N(C(=O)C1=C(C)CCN(Cc2ccc(C(F)(F)F)cc2F)C1)C(C(=O)OCC)c1ccccc1. The molecule has 1 atom stereocenters. The molecule has 1 heterocycles. The van der Waals surface area contributed by atoms with E-state index in [1.165, 1.54) is 4.90 Å². The Bertz CT molecular complexity index is 1190. The molecule has 1 unspecified atom stereocenters. The molecule has 0 saturated heterocycles. The number of hydrogen-bond donors (Lipinski definition) is 0. The number of alkyl halides is 3. The van der Waals surface area contributed by atoms with Gasteiger partial charge in [0.2, 0.25) is 0 Å². The molecule has 1 aliphatic rings. The van der Waals surface area contributed by atoms with E-state index in [1.807, 2.05) is 6.92 Å². The van der Waals surface area contributed by atoms with Gasteiger partial charge in [0, 0.05) is 36.5 Å². The molecule has 0 N–H and O–H groups in total. The van der Waals surface area contributed by atoms with Crippen LogP contribution in [-0.4, -0.2) is 41.4 Å². The Morgan fingerprint density at radius 2 is 1.84 bits per heavy atom. The number of carbonyl (C=O) groups is 2. The van der Waals surface area contributed by atoms with E-state index in [-0.39, 0.29) is 25.3 Å². The van der Waals surface area contributed by atoms with Crippen LogP contribution in [0.3, 0.4) is 0 Å². The highest BCUT2D eigenvalue weighted by Gasteiger charge is 2.36. The van der Waals surface area contributed by atoms with Crippen molar-refractivity contribution in [3.8, 4) is 0 Å². The van der Waals surface area contributed by atoms with Crippen LogP contribution in [0.5, 0.6) is 0 Å². The van der Waals surface area contributed by atoms with E-state index in [0.717, 1.165) is 17.7 Å². The maximum absolute atomic E-state index is 14.5. The molecule has 0 saturated carbocycles. The van der Waals surface area contributed by atoms with Crippen molar-refractivity contribution in [1.82, 2.24) is 9.80 Å². The van der Waals surface area contributed by atoms with Crippen molar-refractivity contribution >= 4 is 11.9 Å². The molecule has 0 spiro atoms. The number of esters is 1. The lowest BCUT2D eigenvalue weighted by molar-refractivity contribution is -0.152. The van der Waals surface area contributed by atoms with E-state index < -0.39 is 35.5 Å². The molecule has 0 aliphatic carbocycles. The van der Waals surface area contributed by atoms with Crippen LogP contribution >= 0.6 is 0 Å². The molecule has 2 aromatic carbocycles. The molecule has 0 radical (unpaired) electrons. The topological polar surface area (TPSA) is 49.9 Å². The molecule has 9 heteroatoms. The average Bonchev–Trinajstić information content (AvgIpc) is 2.84. The van der Waals surface area contributed by atoms with Crippen LogP contribution < -0.4 is 0 Å². The second-order valence-corrected chi connectivity index (χ2v) is 9.00. The first-order chi connectivity index (χ1) is 17.4. The molecule has 1 amide bonds. The largest absolute Gasteiger partial charge is 0.464 e. The zero-order valence-electron chi connectivity index (χ0n) is 21.1. The predicted octanol–water partition coefficient (Wildman–Crippen LogP) is 6.03. The van der Waals surface area contributed by atoms with E-state index in [4.69, 9.17) is 4.74 Å². The Hall–Kier alpha value is -3.46. The van der Waals surface area contributed by atoms with Gasteiger partial charge < -0.3 is 4.74 Å². The molecular weight excluding hydrogens is 488 g/mol. The minimum Gasteiger partial charge on any atom is -0.464 e. The van der Waals surface area contributed by atoms with Gasteiger partial charge in [-0.05, 0) is 44.9 Å². The molecule has 3 rings (SSSR count). The molecular formula is C28H30F4N2O3. The number of allylic oxidation sites excluding steroid dienone is 1. The van der Waals surface area contributed by atoms with E-state index in [0.29, 0.717) is 35.9 Å². The molecule has 198 valence electrons. The second kappa shape index (κ2) is 11.7. The third-order valence-corrected chi connectivity index (χ3v) is 6.25. The number of benzene rings is 2. The van der Waals surface area contributed by atoms with Crippen molar-refractivity contribution in [2.45, 2.75) is 46.0 Å². The van der Waals surface area contributed by atoms with Crippen LogP contribution in [0, 0.1) is 5.82 Å². The van der Waals surface area contributed by atoms with Crippen LogP contribution in [-0.2, 0) is 27.0 Å². The first-order valence-electron chi connectivity index (χ1n) is 11.9. The highest BCUT2D eigenvalue weighted by Crippen LogP contribution is 2.32. The van der Waals surface area contributed by atoms with E-state index in [9.17, 15) is 27.2 Å². The Labute approximate surface area is 214 Å². The fourth-order valence-corrected chi connectivity index (χ4v) is 4.30. The van der Waals surface area contributed by atoms with Gasteiger partial charge in [0.25, 0.3) is 5.91 Å². The van der Waals surface area contributed by atoms with Crippen LogP contribution in [0.1, 0.15) is 49.9 Å². The standard InChI is InChI=1S/C28H30F4N2O3/c1-5-37-27(36)25(20-9-7-6-8-10-20)34(18(2)3)26(35)23-17-33(14-13-19(23)4)16-21-11-12-22(15-24(21)29)28(30,31)32/h6-12,15,25H,2,5,13-14,16-17H2,1,3-4H3. The quantitative estimate of drug-likeness (QED) is 0.316. The lowest BCUT2D eigenvalue weighted by Crippen LogP contribution is -2.43. The zero-order chi connectivity index (χ0) is 27.3. The van der Waals surface area contributed by atoms with Crippen LogP contribution in [0.2, 0.25) is 0 Å². The van der Waals surface area contributed by atoms with Gasteiger partial charge in [0.1, 0.15) is 5.82 Å². The monoisotopic (exact) mass is 518 g/mol. The number of amides is 1. The summed E-state index contributed by atoms with van der Waals surface area (Å²) in [6.07, 6.45) is -4.13. The molecule has 0 bridgehead atoms. The summed E-state index contributed by atoms with van der Waals surface area (Å²) >= 11 is 0.